The van der Waals surface area contributed by atoms with Gasteiger partial charge in [-0.25, -0.2) is 9.79 Å². The summed E-state index contributed by atoms with van der Waals surface area (Å²) in [5.41, 5.74) is -0.455. The summed E-state index contributed by atoms with van der Waals surface area (Å²) in [6.07, 6.45) is 5.58. The van der Waals surface area contributed by atoms with E-state index in [0.717, 1.165) is 12.8 Å². The van der Waals surface area contributed by atoms with Crippen molar-refractivity contribution in [3.05, 3.63) is 12.3 Å². The Balaban J connectivity index is 1.77. The highest BCUT2D eigenvalue weighted by atomic mass is 35.5. The van der Waals surface area contributed by atoms with Crippen LogP contribution in [0.3, 0.4) is 0 Å². The number of aliphatic imine (C=N–C) groups is 1. The topological polar surface area (TPSA) is 51.1 Å². The van der Waals surface area contributed by atoms with Gasteiger partial charge >= 0.3 is 6.09 Å². The van der Waals surface area contributed by atoms with Crippen LogP contribution in [0.15, 0.2) is 17.3 Å². The molecule has 0 spiro atoms. The highest BCUT2D eigenvalue weighted by molar-refractivity contribution is 6.23. The molecule has 2 heterocycles. The number of carbonyl (C=O) groups is 1. The molecule has 1 amide bonds. The predicted molar refractivity (Wildman–Crippen MR) is 82.7 cm³/mol. The van der Waals surface area contributed by atoms with Gasteiger partial charge < -0.3 is 14.4 Å². The maximum atomic E-state index is 12.0. The second-order valence-corrected chi connectivity index (χ2v) is 6.93. The second-order valence-electron chi connectivity index (χ2n) is 6.37. The van der Waals surface area contributed by atoms with Gasteiger partial charge in [0.1, 0.15) is 11.7 Å². The number of likely N-dealkylation sites (tertiary alicyclic amines) is 1. The molecule has 0 aromatic carbocycles. The van der Waals surface area contributed by atoms with Crippen LogP contribution in [-0.4, -0.2) is 47.1 Å². The van der Waals surface area contributed by atoms with Crippen molar-refractivity contribution < 1.29 is 14.3 Å². The van der Waals surface area contributed by atoms with Crippen LogP contribution in [-0.2, 0) is 9.47 Å². The van der Waals surface area contributed by atoms with Gasteiger partial charge in [0, 0.05) is 38.6 Å². The molecular formula is C15H23ClN2O3. The Morgan fingerprint density at radius 3 is 2.62 bits per heavy atom. The van der Waals surface area contributed by atoms with Crippen LogP contribution in [0.2, 0.25) is 0 Å². The van der Waals surface area contributed by atoms with Crippen molar-refractivity contribution in [2.45, 2.75) is 57.1 Å². The average Bonchev–Trinajstić information content (AvgIpc) is 2.37. The molecule has 6 heteroatoms. The SMILES string of the molecule is CC(C)(C)OC(=O)N1CCC(OC2=NC=CC(Cl)C2)CC1. The molecule has 5 nitrogen and oxygen atoms in total. The first kappa shape index (κ1) is 16.1. The number of halogens is 1. The molecule has 1 atom stereocenters. The average molecular weight is 315 g/mol. The fraction of sp³-hybridized carbons (Fsp3) is 0.733. The van der Waals surface area contributed by atoms with E-state index in [1.165, 1.54) is 0 Å². The minimum atomic E-state index is -0.455. The van der Waals surface area contributed by atoms with Gasteiger partial charge in [0.05, 0.1) is 5.38 Å². The van der Waals surface area contributed by atoms with Crippen LogP contribution in [0.1, 0.15) is 40.0 Å². The van der Waals surface area contributed by atoms with Crippen molar-refractivity contribution in [3.8, 4) is 0 Å². The van der Waals surface area contributed by atoms with E-state index >= 15 is 0 Å². The number of hydrogen-bond acceptors (Lipinski definition) is 4. The van der Waals surface area contributed by atoms with E-state index in [0.29, 0.717) is 25.4 Å². The third-order valence-corrected chi connectivity index (χ3v) is 3.58. The molecule has 2 aliphatic heterocycles. The lowest BCUT2D eigenvalue weighted by molar-refractivity contribution is 0.0113. The summed E-state index contributed by atoms with van der Waals surface area (Å²) in [6, 6.07) is 0. The summed E-state index contributed by atoms with van der Waals surface area (Å²) in [6.45, 7) is 6.91. The number of nitrogens with zero attached hydrogens (tertiary/aromatic N) is 2. The molecule has 0 radical (unpaired) electrons. The van der Waals surface area contributed by atoms with Crippen LogP contribution < -0.4 is 0 Å². The first-order valence-electron chi connectivity index (χ1n) is 7.35. The number of amides is 1. The van der Waals surface area contributed by atoms with E-state index in [2.05, 4.69) is 4.99 Å². The van der Waals surface area contributed by atoms with Crippen molar-refractivity contribution in [1.29, 1.82) is 0 Å². The lowest BCUT2D eigenvalue weighted by Crippen LogP contribution is -2.43. The number of piperidine rings is 1. The van der Waals surface area contributed by atoms with E-state index < -0.39 is 5.60 Å². The molecule has 1 unspecified atom stereocenters. The van der Waals surface area contributed by atoms with Crippen molar-refractivity contribution >= 4 is 23.6 Å². The second kappa shape index (κ2) is 6.69. The van der Waals surface area contributed by atoms with Gasteiger partial charge in [0.25, 0.3) is 0 Å². The number of rotatable bonds is 1. The summed E-state index contributed by atoms with van der Waals surface area (Å²) >= 11 is 6.04. The van der Waals surface area contributed by atoms with Gasteiger partial charge in [0.2, 0.25) is 0 Å². The Morgan fingerprint density at radius 2 is 2.05 bits per heavy atom. The molecule has 0 aromatic rings. The molecule has 2 rings (SSSR count). The smallest absolute Gasteiger partial charge is 0.410 e. The summed E-state index contributed by atoms with van der Waals surface area (Å²) in [5.74, 6) is 0.688. The molecule has 118 valence electrons. The predicted octanol–water partition coefficient (Wildman–Crippen LogP) is 3.33. The molecule has 1 fully saturated rings. The summed E-state index contributed by atoms with van der Waals surface area (Å²) in [7, 11) is 0. The molecule has 0 aromatic heterocycles. The molecule has 2 aliphatic rings. The third kappa shape index (κ3) is 5.23. The lowest BCUT2D eigenvalue weighted by atomic mass is 10.1. The number of carbonyl (C=O) groups excluding carboxylic acids is 1. The van der Waals surface area contributed by atoms with Crippen molar-refractivity contribution in [1.82, 2.24) is 4.90 Å². The molecule has 0 aliphatic carbocycles. The number of ether oxygens (including phenoxy) is 2. The molecule has 0 N–H and O–H groups in total. The highest BCUT2D eigenvalue weighted by Gasteiger charge is 2.28. The van der Waals surface area contributed by atoms with E-state index in [4.69, 9.17) is 21.1 Å². The molecule has 1 saturated heterocycles. The van der Waals surface area contributed by atoms with Crippen LogP contribution in [0, 0.1) is 0 Å². The fourth-order valence-corrected chi connectivity index (χ4v) is 2.46. The monoisotopic (exact) mass is 314 g/mol. The Kier molecular flexibility index (Phi) is 5.14. The van der Waals surface area contributed by atoms with Crippen molar-refractivity contribution in [3.63, 3.8) is 0 Å². The fourth-order valence-electron chi connectivity index (χ4n) is 2.26. The molecule has 0 saturated carbocycles. The Morgan fingerprint density at radius 1 is 1.38 bits per heavy atom. The Bertz CT molecular complexity index is 435. The van der Waals surface area contributed by atoms with E-state index in [-0.39, 0.29) is 17.6 Å². The maximum Gasteiger partial charge on any atom is 0.410 e. The van der Waals surface area contributed by atoms with E-state index in [9.17, 15) is 4.79 Å². The first-order chi connectivity index (χ1) is 9.83. The normalized spacial score (nSPS) is 23.7. The van der Waals surface area contributed by atoms with Gasteiger partial charge in [-0.3, -0.25) is 0 Å². The molecular weight excluding hydrogens is 292 g/mol. The van der Waals surface area contributed by atoms with E-state index in [1.807, 2.05) is 26.8 Å². The standard InChI is InChI=1S/C15H23ClN2O3/c1-15(2,3)21-14(19)18-8-5-12(6-9-18)20-13-10-11(16)4-7-17-13/h4,7,11-12H,5-6,8-10H2,1-3H3. The van der Waals surface area contributed by atoms with Crippen LogP contribution in [0.5, 0.6) is 0 Å². The van der Waals surface area contributed by atoms with Gasteiger partial charge in [0.15, 0.2) is 5.90 Å². The first-order valence-corrected chi connectivity index (χ1v) is 7.79. The van der Waals surface area contributed by atoms with Crippen LogP contribution in [0.4, 0.5) is 4.79 Å². The van der Waals surface area contributed by atoms with Crippen molar-refractivity contribution in [2.24, 2.45) is 4.99 Å². The zero-order valence-corrected chi connectivity index (χ0v) is 13.6. The highest BCUT2D eigenvalue weighted by Crippen LogP contribution is 2.20. The van der Waals surface area contributed by atoms with Gasteiger partial charge in [-0.15, -0.1) is 11.6 Å². The van der Waals surface area contributed by atoms with Gasteiger partial charge in [-0.05, 0) is 26.8 Å². The summed E-state index contributed by atoms with van der Waals surface area (Å²) < 4.78 is 11.2. The number of hydrogen-bond donors (Lipinski definition) is 0. The number of alkyl halides is 1. The maximum absolute atomic E-state index is 12.0. The van der Waals surface area contributed by atoms with Gasteiger partial charge in [-0.2, -0.15) is 0 Å². The van der Waals surface area contributed by atoms with Crippen LogP contribution in [0.25, 0.3) is 0 Å². The zero-order valence-electron chi connectivity index (χ0n) is 12.8. The minimum absolute atomic E-state index is 0.0423. The number of allylic oxidation sites excluding steroid dienone is 1. The molecule has 0 bridgehead atoms. The van der Waals surface area contributed by atoms with Crippen molar-refractivity contribution in [2.75, 3.05) is 13.1 Å². The minimum Gasteiger partial charge on any atom is -0.477 e. The lowest BCUT2D eigenvalue weighted by Gasteiger charge is -2.33. The quantitative estimate of drug-likeness (QED) is 0.698. The summed E-state index contributed by atoms with van der Waals surface area (Å²) in [4.78, 5) is 17.9. The Hall–Kier alpha value is -1.23. The van der Waals surface area contributed by atoms with Gasteiger partial charge in [-0.1, -0.05) is 0 Å². The summed E-state index contributed by atoms with van der Waals surface area (Å²) in [5, 5.41) is -0.0423. The van der Waals surface area contributed by atoms with E-state index in [1.54, 1.807) is 11.1 Å². The Labute approximate surface area is 130 Å². The molecule has 21 heavy (non-hydrogen) atoms. The third-order valence-electron chi connectivity index (χ3n) is 3.28. The zero-order chi connectivity index (χ0) is 15.5. The van der Waals surface area contributed by atoms with Crippen LogP contribution >= 0.6 is 11.6 Å². The largest absolute Gasteiger partial charge is 0.477 e.